The average molecular weight is 398 g/mol. The quantitative estimate of drug-likeness (QED) is 0.651. The smallest absolute Gasteiger partial charge is 0.141 e. The Morgan fingerprint density at radius 1 is 1.36 bits per heavy atom. The highest BCUT2D eigenvalue weighted by molar-refractivity contribution is 7.83. The van der Waals surface area contributed by atoms with Crippen molar-refractivity contribution in [1.29, 1.82) is 0 Å². The molecule has 3 aromatic rings. The zero-order chi connectivity index (χ0) is 19.9. The van der Waals surface area contributed by atoms with Crippen molar-refractivity contribution in [1.82, 2.24) is 14.9 Å². The van der Waals surface area contributed by atoms with Crippen LogP contribution in [0.5, 0.6) is 0 Å². The molecule has 1 N–H and O–H groups in total. The Morgan fingerprint density at radius 3 is 2.86 bits per heavy atom. The summed E-state index contributed by atoms with van der Waals surface area (Å²) < 4.78 is 22.1. The van der Waals surface area contributed by atoms with Crippen molar-refractivity contribution in [2.75, 3.05) is 0 Å². The van der Waals surface area contributed by atoms with Crippen LogP contribution >= 0.6 is 0 Å². The van der Waals surface area contributed by atoms with Gasteiger partial charge in [0.05, 0.1) is 16.1 Å². The molecule has 6 heteroatoms. The molecular formula is C22H27N3O2S. The SMILES string of the molecule is CCC1(C)CCC(NS(=O)c2cc(-c3c(C)noc3C)cc3ncccc23)C1. The Morgan fingerprint density at radius 2 is 2.18 bits per heavy atom. The summed E-state index contributed by atoms with van der Waals surface area (Å²) in [5.74, 6) is 0.756. The lowest BCUT2D eigenvalue weighted by molar-refractivity contribution is 0.317. The van der Waals surface area contributed by atoms with Gasteiger partial charge in [0.25, 0.3) is 0 Å². The Labute approximate surface area is 168 Å². The van der Waals surface area contributed by atoms with Crippen LogP contribution in [0.25, 0.3) is 22.0 Å². The molecule has 5 nitrogen and oxygen atoms in total. The van der Waals surface area contributed by atoms with Gasteiger partial charge in [0.1, 0.15) is 16.7 Å². The lowest BCUT2D eigenvalue weighted by Gasteiger charge is -2.22. The van der Waals surface area contributed by atoms with E-state index in [1.165, 1.54) is 6.42 Å². The highest BCUT2D eigenvalue weighted by Gasteiger charge is 2.34. The Hall–Kier alpha value is -2.05. The Bertz CT molecular complexity index is 1030. The van der Waals surface area contributed by atoms with Crippen molar-refractivity contribution in [3.63, 3.8) is 0 Å². The summed E-state index contributed by atoms with van der Waals surface area (Å²) in [5.41, 5.74) is 3.90. The lowest BCUT2D eigenvalue weighted by atomic mass is 9.86. The second kappa shape index (κ2) is 7.41. The monoisotopic (exact) mass is 397 g/mol. The number of hydrogen-bond donors (Lipinski definition) is 1. The zero-order valence-corrected chi connectivity index (χ0v) is 17.7. The molecule has 0 amide bonds. The van der Waals surface area contributed by atoms with Gasteiger partial charge in [-0.25, -0.2) is 8.93 Å². The standard InChI is InChI=1S/C22H27N3O2S/c1-5-22(4)9-8-17(13-22)25-28(26)20-12-16(21-14(2)24-27-15(21)3)11-19-18(20)7-6-10-23-19/h6-7,10-12,17,25H,5,8-9,13H2,1-4H3. The van der Waals surface area contributed by atoms with E-state index in [1.54, 1.807) is 6.20 Å². The first-order valence-corrected chi connectivity index (χ1v) is 11.0. The van der Waals surface area contributed by atoms with Gasteiger partial charge in [0.2, 0.25) is 0 Å². The van der Waals surface area contributed by atoms with Crippen molar-refractivity contribution in [3.8, 4) is 11.1 Å². The first kappa shape index (κ1) is 19.3. The predicted molar refractivity (Wildman–Crippen MR) is 112 cm³/mol. The molecule has 3 unspecified atom stereocenters. The van der Waals surface area contributed by atoms with Crippen LogP contribution < -0.4 is 4.72 Å². The summed E-state index contributed by atoms with van der Waals surface area (Å²) in [6.07, 6.45) is 6.24. The third-order valence-electron chi connectivity index (χ3n) is 6.17. The van der Waals surface area contributed by atoms with Gasteiger partial charge in [-0.3, -0.25) is 4.98 Å². The topological polar surface area (TPSA) is 68.0 Å². The van der Waals surface area contributed by atoms with Gasteiger partial charge in [-0.1, -0.05) is 31.5 Å². The number of benzene rings is 1. The number of pyridine rings is 1. The molecular weight excluding hydrogens is 370 g/mol. The molecule has 0 bridgehead atoms. The number of aryl methyl sites for hydroxylation is 2. The molecule has 0 aliphatic heterocycles. The maximum absolute atomic E-state index is 13.3. The fourth-order valence-electron chi connectivity index (χ4n) is 4.30. The molecule has 28 heavy (non-hydrogen) atoms. The number of aromatic nitrogens is 2. The van der Waals surface area contributed by atoms with E-state index in [9.17, 15) is 4.21 Å². The first-order valence-electron chi connectivity index (χ1n) is 9.90. The number of rotatable bonds is 5. The van der Waals surface area contributed by atoms with Crippen molar-refractivity contribution < 1.29 is 8.73 Å². The van der Waals surface area contributed by atoms with E-state index in [4.69, 9.17) is 4.52 Å². The van der Waals surface area contributed by atoms with Crippen molar-refractivity contribution in [2.45, 2.75) is 64.3 Å². The second-order valence-corrected chi connectivity index (χ2v) is 9.45. The van der Waals surface area contributed by atoms with Crippen LogP contribution in [0.1, 0.15) is 51.0 Å². The highest BCUT2D eigenvalue weighted by Crippen LogP contribution is 2.41. The molecule has 2 heterocycles. The fourth-order valence-corrected chi connectivity index (χ4v) is 5.54. The van der Waals surface area contributed by atoms with Gasteiger partial charge < -0.3 is 4.52 Å². The third kappa shape index (κ3) is 3.51. The van der Waals surface area contributed by atoms with E-state index in [0.717, 1.165) is 57.6 Å². The highest BCUT2D eigenvalue weighted by atomic mass is 32.2. The molecule has 0 saturated heterocycles. The van der Waals surface area contributed by atoms with Crippen molar-refractivity contribution >= 4 is 21.9 Å². The van der Waals surface area contributed by atoms with Crippen LogP contribution in [0.2, 0.25) is 0 Å². The zero-order valence-electron chi connectivity index (χ0n) is 16.9. The maximum Gasteiger partial charge on any atom is 0.141 e. The average Bonchev–Trinajstić information content (AvgIpc) is 3.23. The van der Waals surface area contributed by atoms with Crippen LogP contribution in [0, 0.1) is 19.3 Å². The van der Waals surface area contributed by atoms with Gasteiger partial charge in [0, 0.05) is 23.2 Å². The first-order chi connectivity index (χ1) is 13.4. The molecule has 1 aliphatic rings. The van der Waals surface area contributed by atoms with E-state index in [0.29, 0.717) is 5.41 Å². The van der Waals surface area contributed by atoms with Crippen LogP contribution in [0.4, 0.5) is 0 Å². The molecule has 1 saturated carbocycles. The normalized spacial score (nSPS) is 23.4. The molecule has 0 radical (unpaired) electrons. The van der Waals surface area contributed by atoms with Gasteiger partial charge in [-0.2, -0.15) is 0 Å². The molecule has 1 aliphatic carbocycles. The van der Waals surface area contributed by atoms with Crippen LogP contribution in [0.15, 0.2) is 39.9 Å². The van der Waals surface area contributed by atoms with E-state index < -0.39 is 11.0 Å². The molecule has 148 valence electrons. The number of hydrogen-bond acceptors (Lipinski definition) is 4. The lowest BCUT2D eigenvalue weighted by Crippen LogP contribution is -2.29. The molecule has 4 rings (SSSR count). The summed E-state index contributed by atoms with van der Waals surface area (Å²) in [6, 6.07) is 8.17. The Balaban J connectivity index is 1.73. The van der Waals surface area contributed by atoms with Crippen LogP contribution in [-0.2, 0) is 11.0 Å². The van der Waals surface area contributed by atoms with E-state index in [-0.39, 0.29) is 6.04 Å². The van der Waals surface area contributed by atoms with Crippen molar-refractivity contribution in [3.05, 3.63) is 41.9 Å². The maximum atomic E-state index is 13.3. The summed E-state index contributed by atoms with van der Waals surface area (Å²) >= 11 is 0. The van der Waals surface area contributed by atoms with E-state index in [1.807, 2.05) is 38.1 Å². The fraction of sp³-hybridized carbons (Fsp3) is 0.455. The number of nitrogens with zero attached hydrogens (tertiary/aromatic N) is 2. The van der Waals surface area contributed by atoms with E-state index >= 15 is 0 Å². The predicted octanol–water partition coefficient (Wildman–Crippen LogP) is 5.09. The molecule has 3 atom stereocenters. The van der Waals surface area contributed by atoms with Crippen LogP contribution in [-0.4, -0.2) is 20.4 Å². The Kier molecular flexibility index (Phi) is 5.10. The van der Waals surface area contributed by atoms with Gasteiger partial charge in [0.15, 0.2) is 0 Å². The van der Waals surface area contributed by atoms with Crippen LogP contribution in [0.3, 0.4) is 0 Å². The second-order valence-electron chi connectivity index (χ2n) is 8.23. The third-order valence-corrected chi connectivity index (χ3v) is 7.45. The van der Waals surface area contributed by atoms with E-state index in [2.05, 4.69) is 28.7 Å². The number of fused-ring (bicyclic) bond motifs is 1. The van der Waals surface area contributed by atoms with Gasteiger partial charge >= 0.3 is 0 Å². The molecule has 1 aromatic carbocycles. The summed E-state index contributed by atoms with van der Waals surface area (Å²) in [6.45, 7) is 8.39. The number of nitrogens with one attached hydrogen (secondary N) is 1. The minimum atomic E-state index is -1.31. The van der Waals surface area contributed by atoms with Crippen molar-refractivity contribution in [2.24, 2.45) is 5.41 Å². The summed E-state index contributed by atoms with van der Waals surface area (Å²) in [4.78, 5) is 5.28. The molecule has 2 aromatic heterocycles. The molecule has 1 fully saturated rings. The van der Waals surface area contributed by atoms with Gasteiger partial charge in [-0.05, 0) is 62.3 Å². The minimum absolute atomic E-state index is 0.278. The summed E-state index contributed by atoms with van der Waals surface area (Å²) in [5, 5.41) is 4.99. The molecule has 0 spiro atoms. The minimum Gasteiger partial charge on any atom is -0.361 e. The largest absolute Gasteiger partial charge is 0.361 e. The van der Waals surface area contributed by atoms with Gasteiger partial charge in [-0.15, -0.1) is 0 Å². The summed E-state index contributed by atoms with van der Waals surface area (Å²) in [7, 11) is -1.31.